The van der Waals surface area contributed by atoms with Crippen LogP contribution in [0.25, 0.3) is 10.2 Å². The summed E-state index contributed by atoms with van der Waals surface area (Å²) in [6, 6.07) is 2.45. The number of nitrogens with two attached hydrogens (primary N) is 1. The predicted octanol–water partition coefficient (Wildman–Crippen LogP) is 1.86. The van der Waals surface area contributed by atoms with Crippen LogP contribution in [-0.2, 0) is 0 Å². The second-order valence-corrected chi connectivity index (χ2v) is 5.50. The Labute approximate surface area is 104 Å². The van der Waals surface area contributed by atoms with Crippen molar-refractivity contribution in [1.82, 2.24) is 9.97 Å². The number of anilines is 1. The van der Waals surface area contributed by atoms with Crippen LogP contribution in [0.15, 0.2) is 17.8 Å². The number of hydrogen-bond acceptors (Lipinski definition) is 5. The first kappa shape index (κ1) is 10.9. The highest BCUT2D eigenvalue weighted by molar-refractivity contribution is 7.17. The summed E-state index contributed by atoms with van der Waals surface area (Å²) in [4.78, 5) is 10.9. The average molecular weight is 248 g/mol. The molecule has 2 N–H and O–H groups in total. The number of fused-ring (bicyclic) bond motifs is 1. The van der Waals surface area contributed by atoms with Gasteiger partial charge in [-0.1, -0.05) is 0 Å². The van der Waals surface area contributed by atoms with Crippen LogP contribution in [-0.4, -0.2) is 29.6 Å². The Kier molecular flexibility index (Phi) is 2.72. The fourth-order valence-corrected chi connectivity index (χ4v) is 3.21. The van der Waals surface area contributed by atoms with Gasteiger partial charge >= 0.3 is 0 Å². The van der Waals surface area contributed by atoms with Crippen LogP contribution < -0.4 is 10.6 Å². The van der Waals surface area contributed by atoms with E-state index in [2.05, 4.69) is 27.3 Å². The molecular weight excluding hydrogens is 232 g/mol. The van der Waals surface area contributed by atoms with Gasteiger partial charge in [0.2, 0.25) is 0 Å². The van der Waals surface area contributed by atoms with E-state index in [4.69, 9.17) is 5.73 Å². The number of hydrogen-bond donors (Lipinski definition) is 1. The molecule has 17 heavy (non-hydrogen) atoms. The summed E-state index contributed by atoms with van der Waals surface area (Å²) in [5.41, 5.74) is 6.92. The third-order valence-corrected chi connectivity index (χ3v) is 4.36. The Hall–Kier alpha value is -1.20. The normalized spacial score (nSPS) is 17.3. The van der Waals surface area contributed by atoms with Crippen LogP contribution in [0.3, 0.4) is 0 Å². The molecule has 3 rings (SSSR count). The Bertz CT molecular complexity index is 520. The molecule has 0 aliphatic heterocycles. The van der Waals surface area contributed by atoms with E-state index >= 15 is 0 Å². The smallest absolute Gasteiger partial charge is 0.150 e. The zero-order valence-electron chi connectivity index (χ0n) is 9.84. The van der Waals surface area contributed by atoms with Crippen LogP contribution in [0.2, 0.25) is 0 Å². The van der Waals surface area contributed by atoms with Gasteiger partial charge in [0.15, 0.2) is 0 Å². The van der Waals surface area contributed by atoms with Gasteiger partial charge in [0.25, 0.3) is 0 Å². The molecule has 4 nitrogen and oxygen atoms in total. The zero-order valence-corrected chi connectivity index (χ0v) is 10.7. The molecule has 0 amide bonds. The van der Waals surface area contributed by atoms with Gasteiger partial charge in [-0.2, -0.15) is 0 Å². The summed E-state index contributed by atoms with van der Waals surface area (Å²) in [7, 11) is 2.09. The van der Waals surface area contributed by atoms with Crippen molar-refractivity contribution < 1.29 is 0 Å². The van der Waals surface area contributed by atoms with E-state index in [1.807, 2.05) is 6.07 Å². The molecule has 0 bridgehead atoms. The standard InChI is InChI=1S/C12H16N4S/c1-16(10(6-13)8-2-3-8)12-11-9(4-5-17-11)14-7-15-12/h4-5,7-8,10H,2-3,6,13H2,1H3. The Morgan fingerprint density at radius 3 is 3.06 bits per heavy atom. The van der Waals surface area contributed by atoms with Crippen LogP contribution in [0.1, 0.15) is 12.8 Å². The molecule has 1 unspecified atom stereocenters. The van der Waals surface area contributed by atoms with Crippen molar-refractivity contribution in [3.63, 3.8) is 0 Å². The first-order chi connectivity index (χ1) is 8.31. The Morgan fingerprint density at radius 1 is 1.53 bits per heavy atom. The number of thiophene rings is 1. The lowest BCUT2D eigenvalue weighted by molar-refractivity contribution is 0.567. The number of rotatable bonds is 4. The fraction of sp³-hybridized carbons (Fsp3) is 0.500. The SMILES string of the molecule is CN(c1ncnc2ccsc12)C(CN)C1CC1. The maximum atomic E-state index is 5.89. The van der Waals surface area contributed by atoms with E-state index in [9.17, 15) is 0 Å². The van der Waals surface area contributed by atoms with Crippen molar-refractivity contribution in [2.45, 2.75) is 18.9 Å². The van der Waals surface area contributed by atoms with Gasteiger partial charge in [0.1, 0.15) is 12.1 Å². The van der Waals surface area contributed by atoms with Gasteiger partial charge < -0.3 is 10.6 Å². The minimum atomic E-state index is 0.412. The highest BCUT2D eigenvalue weighted by atomic mass is 32.1. The second kappa shape index (κ2) is 4.23. The lowest BCUT2D eigenvalue weighted by Crippen LogP contribution is -2.40. The quantitative estimate of drug-likeness (QED) is 0.897. The lowest BCUT2D eigenvalue weighted by Gasteiger charge is -2.28. The number of likely N-dealkylation sites (N-methyl/N-ethyl adjacent to an activating group) is 1. The molecule has 0 aromatic carbocycles. The van der Waals surface area contributed by atoms with Gasteiger partial charge in [-0.05, 0) is 30.2 Å². The van der Waals surface area contributed by atoms with Gasteiger partial charge in [-0.15, -0.1) is 11.3 Å². The van der Waals surface area contributed by atoms with Crippen LogP contribution >= 0.6 is 11.3 Å². The summed E-state index contributed by atoms with van der Waals surface area (Å²) < 4.78 is 1.16. The van der Waals surface area contributed by atoms with Crippen molar-refractivity contribution in [3.8, 4) is 0 Å². The Balaban J connectivity index is 1.98. The number of aromatic nitrogens is 2. The summed E-state index contributed by atoms with van der Waals surface area (Å²) >= 11 is 1.69. The van der Waals surface area contributed by atoms with Crippen molar-refractivity contribution in [2.75, 3.05) is 18.5 Å². The van der Waals surface area contributed by atoms with E-state index in [1.54, 1.807) is 17.7 Å². The third kappa shape index (κ3) is 1.89. The fourth-order valence-electron chi connectivity index (χ4n) is 2.33. The zero-order chi connectivity index (χ0) is 11.8. The summed E-state index contributed by atoms with van der Waals surface area (Å²) in [5, 5.41) is 2.06. The number of nitrogens with zero attached hydrogens (tertiary/aromatic N) is 3. The summed E-state index contributed by atoms with van der Waals surface area (Å²) in [5.74, 6) is 1.77. The molecular formula is C12H16N4S. The molecule has 2 heterocycles. The van der Waals surface area contributed by atoms with E-state index in [0.717, 1.165) is 22.0 Å². The van der Waals surface area contributed by atoms with Gasteiger partial charge in [-0.3, -0.25) is 0 Å². The molecule has 5 heteroatoms. The first-order valence-electron chi connectivity index (χ1n) is 5.92. The van der Waals surface area contributed by atoms with Crippen LogP contribution in [0.5, 0.6) is 0 Å². The van der Waals surface area contributed by atoms with Crippen molar-refractivity contribution in [1.29, 1.82) is 0 Å². The minimum absolute atomic E-state index is 0.412. The van der Waals surface area contributed by atoms with Crippen LogP contribution in [0, 0.1) is 5.92 Å². The molecule has 1 atom stereocenters. The van der Waals surface area contributed by atoms with Crippen molar-refractivity contribution in [3.05, 3.63) is 17.8 Å². The highest BCUT2D eigenvalue weighted by Crippen LogP contribution is 2.37. The second-order valence-electron chi connectivity index (χ2n) is 4.58. The van der Waals surface area contributed by atoms with E-state index in [-0.39, 0.29) is 0 Å². The highest BCUT2D eigenvalue weighted by Gasteiger charge is 2.34. The van der Waals surface area contributed by atoms with E-state index < -0.39 is 0 Å². The third-order valence-electron chi connectivity index (χ3n) is 3.46. The van der Waals surface area contributed by atoms with Crippen LogP contribution in [0.4, 0.5) is 5.82 Å². The van der Waals surface area contributed by atoms with Crippen molar-refractivity contribution >= 4 is 27.4 Å². The lowest BCUT2D eigenvalue weighted by atomic mass is 10.1. The Morgan fingerprint density at radius 2 is 2.35 bits per heavy atom. The molecule has 90 valence electrons. The maximum absolute atomic E-state index is 5.89. The average Bonchev–Trinajstić information content (AvgIpc) is 3.06. The largest absolute Gasteiger partial charge is 0.354 e. The molecule has 0 saturated heterocycles. The summed E-state index contributed by atoms with van der Waals surface area (Å²) in [6.07, 6.45) is 4.23. The maximum Gasteiger partial charge on any atom is 0.150 e. The van der Waals surface area contributed by atoms with E-state index in [1.165, 1.54) is 12.8 Å². The van der Waals surface area contributed by atoms with Crippen molar-refractivity contribution in [2.24, 2.45) is 11.7 Å². The molecule has 2 aromatic rings. The van der Waals surface area contributed by atoms with Gasteiger partial charge in [0.05, 0.1) is 10.2 Å². The summed E-state index contributed by atoms with van der Waals surface area (Å²) in [6.45, 7) is 0.692. The minimum Gasteiger partial charge on any atom is -0.354 e. The molecule has 0 radical (unpaired) electrons. The predicted molar refractivity (Wildman–Crippen MR) is 71.4 cm³/mol. The molecule has 0 spiro atoms. The molecule has 2 aromatic heterocycles. The molecule has 1 saturated carbocycles. The monoisotopic (exact) mass is 248 g/mol. The van der Waals surface area contributed by atoms with Gasteiger partial charge in [-0.25, -0.2) is 9.97 Å². The molecule has 1 aliphatic carbocycles. The molecule has 1 fully saturated rings. The van der Waals surface area contributed by atoms with Gasteiger partial charge in [0, 0.05) is 19.6 Å². The first-order valence-corrected chi connectivity index (χ1v) is 6.80. The molecule has 1 aliphatic rings. The van der Waals surface area contributed by atoms with E-state index in [0.29, 0.717) is 12.6 Å². The topological polar surface area (TPSA) is 55.0 Å².